The van der Waals surface area contributed by atoms with E-state index in [0.29, 0.717) is 3.63 Å². The number of benzene rings is 1. The van der Waals surface area contributed by atoms with Crippen LogP contribution in [0.1, 0.15) is 14.8 Å². The van der Waals surface area contributed by atoms with Gasteiger partial charge in [0, 0.05) is 0 Å². The molecule has 68 valence electrons. The molecule has 13 heavy (non-hydrogen) atoms. The van der Waals surface area contributed by atoms with E-state index in [9.17, 15) is 0 Å². The molecular weight excluding hydrogens is 256 g/mol. The molecular formula is C9H7F3Zr. The van der Waals surface area contributed by atoms with Crippen LogP contribution in [0.4, 0.5) is 0 Å². The van der Waals surface area contributed by atoms with Crippen molar-refractivity contribution in [2.24, 2.45) is 0 Å². The fourth-order valence-corrected chi connectivity index (χ4v) is 2.13. The topological polar surface area (TPSA) is 0 Å². The minimum absolute atomic E-state index is 0. The molecule has 0 aliphatic heterocycles. The van der Waals surface area contributed by atoms with E-state index >= 15 is 0 Å². The molecule has 1 aromatic carbocycles. The zero-order valence-corrected chi connectivity index (χ0v) is 9.13. The van der Waals surface area contributed by atoms with Gasteiger partial charge in [0.25, 0.3) is 0 Å². The van der Waals surface area contributed by atoms with E-state index in [-0.39, 0.29) is 14.1 Å². The van der Waals surface area contributed by atoms with Crippen LogP contribution in [-0.2, 0) is 24.7 Å². The number of hydrogen-bond donors (Lipinski definition) is 0. The molecule has 0 bridgehead atoms. The monoisotopic (exact) mass is 262 g/mol. The van der Waals surface area contributed by atoms with Gasteiger partial charge in [0.2, 0.25) is 0 Å². The molecule has 1 unspecified atom stereocenters. The fourth-order valence-electron chi connectivity index (χ4n) is 1.25. The summed E-state index contributed by atoms with van der Waals surface area (Å²) in [7, 11) is 0. The Hall–Kier alpha value is -0.367. The first-order valence-corrected chi connectivity index (χ1v) is 4.78. The van der Waals surface area contributed by atoms with Crippen molar-refractivity contribution in [3.8, 4) is 0 Å². The zero-order chi connectivity index (χ0) is 6.97. The second-order valence-corrected chi connectivity index (χ2v) is 3.99. The van der Waals surface area contributed by atoms with Crippen LogP contribution < -0.4 is 14.1 Å². The van der Waals surface area contributed by atoms with Gasteiger partial charge in [-0.2, -0.15) is 0 Å². The van der Waals surface area contributed by atoms with Gasteiger partial charge in [-0.3, -0.25) is 0 Å². The van der Waals surface area contributed by atoms with Crippen molar-refractivity contribution in [2.75, 3.05) is 0 Å². The Morgan fingerprint density at radius 1 is 1.00 bits per heavy atom. The van der Waals surface area contributed by atoms with Gasteiger partial charge in [-0.15, -0.1) is 0 Å². The van der Waals surface area contributed by atoms with E-state index in [4.69, 9.17) is 0 Å². The standard InChI is InChI=1S/C9H7.3FH.Zr/c1-2-5-9-7-3-6-8(9)4-1;;;;/h1-7H;3*1H;/q;;;;+3/p-3. The molecule has 0 nitrogen and oxygen atoms in total. The van der Waals surface area contributed by atoms with Crippen molar-refractivity contribution >= 4 is 6.08 Å². The molecule has 0 amide bonds. The van der Waals surface area contributed by atoms with Gasteiger partial charge in [-0.1, -0.05) is 0 Å². The predicted octanol–water partition coefficient (Wildman–Crippen LogP) is -6.69. The van der Waals surface area contributed by atoms with E-state index in [1.165, 1.54) is 11.1 Å². The Morgan fingerprint density at radius 2 is 1.62 bits per heavy atom. The summed E-state index contributed by atoms with van der Waals surface area (Å²) in [6.07, 6.45) is 4.50. The number of fused-ring (bicyclic) bond motifs is 1. The average molecular weight is 263 g/mol. The molecule has 1 aliphatic rings. The summed E-state index contributed by atoms with van der Waals surface area (Å²) < 4.78 is 0.711. The van der Waals surface area contributed by atoms with Gasteiger partial charge < -0.3 is 14.1 Å². The van der Waals surface area contributed by atoms with Crippen LogP contribution in [0.2, 0.25) is 0 Å². The molecule has 0 N–H and O–H groups in total. The van der Waals surface area contributed by atoms with Crippen LogP contribution in [0.15, 0.2) is 30.3 Å². The SMILES string of the molecule is [F-].[F-].[F-].[Zr+3][CH]1C=Cc2ccccc21. The van der Waals surface area contributed by atoms with E-state index in [1.807, 2.05) is 0 Å². The molecule has 1 aromatic rings. The summed E-state index contributed by atoms with van der Waals surface area (Å²) in [5, 5.41) is 0. The van der Waals surface area contributed by atoms with Gasteiger partial charge >= 0.3 is 75.9 Å². The van der Waals surface area contributed by atoms with E-state index in [1.54, 1.807) is 24.7 Å². The first-order chi connectivity index (χ1) is 4.88. The van der Waals surface area contributed by atoms with Crippen molar-refractivity contribution in [1.29, 1.82) is 0 Å². The van der Waals surface area contributed by atoms with Crippen molar-refractivity contribution in [2.45, 2.75) is 3.63 Å². The van der Waals surface area contributed by atoms with Crippen molar-refractivity contribution in [1.82, 2.24) is 0 Å². The molecule has 0 saturated carbocycles. The Balaban J connectivity index is 0. The molecule has 2 rings (SSSR count). The van der Waals surface area contributed by atoms with Gasteiger partial charge in [0.05, 0.1) is 0 Å². The van der Waals surface area contributed by atoms with Gasteiger partial charge in [-0.05, 0) is 0 Å². The molecule has 0 heterocycles. The van der Waals surface area contributed by atoms with E-state index in [2.05, 4.69) is 36.4 Å². The first kappa shape index (κ1) is 15.1. The van der Waals surface area contributed by atoms with Crippen LogP contribution in [0.5, 0.6) is 0 Å². The quantitative estimate of drug-likeness (QED) is 0.437. The molecule has 1 aliphatic carbocycles. The Bertz CT molecular complexity index is 286. The summed E-state index contributed by atoms with van der Waals surface area (Å²) in [6.45, 7) is 0. The molecule has 0 aromatic heterocycles. The number of hydrogen-bond acceptors (Lipinski definition) is 0. The number of halogens is 3. The third-order valence-electron chi connectivity index (χ3n) is 1.80. The summed E-state index contributed by atoms with van der Waals surface area (Å²) in [5.41, 5.74) is 2.91. The Kier molecular flexibility index (Phi) is 7.14. The van der Waals surface area contributed by atoms with Crippen molar-refractivity contribution in [3.05, 3.63) is 41.5 Å². The Labute approximate surface area is 90.0 Å². The van der Waals surface area contributed by atoms with Crippen LogP contribution in [0, 0.1) is 0 Å². The van der Waals surface area contributed by atoms with Gasteiger partial charge in [-0.25, -0.2) is 0 Å². The zero-order valence-electron chi connectivity index (χ0n) is 6.68. The van der Waals surface area contributed by atoms with Gasteiger partial charge in [0.15, 0.2) is 0 Å². The van der Waals surface area contributed by atoms with Crippen molar-refractivity contribution in [3.63, 3.8) is 0 Å². The second-order valence-electron chi connectivity index (χ2n) is 2.47. The van der Waals surface area contributed by atoms with Crippen LogP contribution >= 0.6 is 0 Å². The average Bonchev–Trinajstić information content (AvgIpc) is 2.34. The molecule has 0 saturated heterocycles. The summed E-state index contributed by atoms with van der Waals surface area (Å²) >= 11 is 1.59. The maximum absolute atomic E-state index is 2.28. The summed E-state index contributed by atoms with van der Waals surface area (Å²) in [6, 6.07) is 8.60. The van der Waals surface area contributed by atoms with Crippen LogP contribution in [-0.4, -0.2) is 0 Å². The minimum atomic E-state index is 0. The van der Waals surface area contributed by atoms with E-state index < -0.39 is 0 Å². The van der Waals surface area contributed by atoms with Gasteiger partial charge in [0.1, 0.15) is 0 Å². The third kappa shape index (κ3) is 2.80. The second kappa shape index (κ2) is 6.14. The molecule has 0 fully saturated rings. The summed E-state index contributed by atoms with van der Waals surface area (Å²) in [5.74, 6) is 0. The molecule has 1 atom stereocenters. The normalized spacial score (nSPS) is 16.3. The number of allylic oxidation sites excluding steroid dienone is 1. The van der Waals surface area contributed by atoms with Crippen LogP contribution in [0.25, 0.3) is 6.08 Å². The van der Waals surface area contributed by atoms with E-state index in [0.717, 1.165) is 0 Å². The first-order valence-electron chi connectivity index (χ1n) is 3.36. The maximum atomic E-state index is 2.28. The molecule has 0 spiro atoms. The summed E-state index contributed by atoms with van der Waals surface area (Å²) in [4.78, 5) is 0. The van der Waals surface area contributed by atoms with Crippen LogP contribution in [0.3, 0.4) is 0 Å². The molecule has 4 heteroatoms. The number of rotatable bonds is 0. The Morgan fingerprint density at radius 3 is 2.23 bits per heavy atom. The molecule has 0 radical (unpaired) electrons. The predicted molar refractivity (Wildman–Crippen MR) is 38.2 cm³/mol. The third-order valence-corrected chi connectivity index (χ3v) is 3.04. The van der Waals surface area contributed by atoms with Crippen molar-refractivity contribution < 1.29 is 38.8 Å². The fraction of sp³-hybridized carbons (Fsp3) is 0.111.